The van der Waals surface area contributed by atoms with Gasteiger partial charge in [0.05, 0.1) is 5.92 Å². The fourth-order valence-corrected chi connectivity index (χ4v) is 2.74. The molecule has 0 radical (unpaired) electrons. The molecule has 5 nitrogen and oxygen atoms in total. The number of hydrogen-bond acceptors (Lipinski definition) is 4. The molecule has 3 rings (SSSR count). The van der Waals surface area contributed by atoms with Gasteiger partial charge in [0.1, 0.15) is 0 Å². The number of nitrogens with one attached hydrogen (secondary N) is 1. The molecule has 1 aromatic heterocycles. The molecule has 128 valence electrons. The molecule has 0 bridgehead atoms. The first-order valence-electron chi connectivity index (χ1n) is 8.25. The molecule has 0 aliphatic heterocycles. The fourth-order valence-electron chi connectivity index (χ4n) is 2.74. The number of amides is 1. The van der Waals surface area contributed by atoms with Crippen LogP contribution in [0.2, 0.25) is 0 Å². The van der Waals surface area contributed by atoms with Gasteiger partial charge in [0.15, 0.2) is 0 Å². The number of aryl methyl sites for hydroxylation is 3. The third-order valence-corrected chi connectivity index (χ3v) is 4.10. The van der Waals surface area contributed by atoms with Gasteiger partial charge in [-0.1, -0.05) is 42.5 Å². The van der Waals surface area contributed by atoms with Gasteiger partial charge in [-0.25, -0.2) is 0 Å². The Hall–Kier alpha value is -2.95. The highest BCUT2D eigenvalue weighted by atomic mass is 16.4. The van der Waals surface area contributed by atoms with Crippen molar-refractivity contribution in [2.24, 2.45) is 0 Å². The second-order valence-corrected chi connectivity index (χ2v) is 6.19. The van der Waals surface area contributed by atoms with Crippen LogP contribution < -0.4 is 5.32 Å². The smallest absolute Gasteiger partial charge is 0.225 e. The Bertz CT molecular complexity index is 872. The average molecular weight is 335 g/mol. The summed E-state index contributed by atoms with van der Waals surface area (Å²) in [4.78, 5) is 12.6. The minimum Gasteiger partial charge on any atom is -0.425 e. The maximum absolute atomic E-state index is 12.6. The SMILES string of the molecule is Cc1ccc(C)c(NC(=O)CC(c2ccccc2)c2nnc(C)o2)c1. The molecule has 1 amide bonds. The Labute approximate surface area is 147 Å². The highest BCUT2D eigenvalue weighted by Gasteiger charge is 2.23. The van der Waals surface area contributed by atoms with Crippen molar-refractivity contribution in [2.75, 3.05) is 5.32 Å². The molecule has 1 heterocycles. The molecule has 0 spiro atoms. The number of aromatic nitrogens is 2. The van der Waals surface area contributed by atoms with Crippen molar-refractivity contribution < 1.29 is 9.21 Å². The van der Waals surface area contributed by atoms with E-state index in [9.17, 15) is 4.79 Å². The predicted molar refractivity (Wildman–Crippen MR) is 96.5 cm³/mol. The van der Waals surface area contributed by atoms with E-state index in [0.29, 0.717) is 11.8 Å². The van der Waals surface area contributed by atoms with E-state index in [1.807, 2.05) is 62.4 Å². The summed E-state index contributed by atoms with van der Waals surface area (Å²) in [5, 5.41) is 11.0. The van der Waals surface area contributed by atoms with Crippen LogP contribution in [0, 0.1) is 20.8 Å². The van der Waals surface area contributed by atoms with E-state index in [1.54, 1.807) is 6.92 Å². The summed E-state index contributed by atoms with van der Waals surface area (Å²) in [6.45, 7) is 5.73. The number of anilines is 1. The van der Waals surface area contributed by atoms with Crippen molar-refractivity contribution in [2.45, 2.75) is 33.1 Å². The third kappa shape index (κ3) is 4.12. The van der Waals surface area contributed by atoms with Gasteiger partial charge in [-0.15, -0.1) is 10.2 Å². The second kappa shape index (κ2) is 7.30. The number of carbonyl (C=O) groups excluding carboxylic acids is 1. The van der Waals surface area contributed by atoms with Crippen LogP contribution in [0.25, 0.3) is 0 Å². The maximum Gasteiger partial charge on any atom is 0.225 e. The zero-order chi connectivity index (χ0) is 17.8. The monoisotopic (exact) mass is 335 g/mol. The van der Waals surface area contributed by atoms with E-state index in [0.717, 1.165) is 22.4 Å². The Morgan fingerprint density at radius 2 is 1.84 bits per heavy atom. The molecule has 1 N–H and O–H groups in total. The van der Waals surface area contributed by atoms with Gasteiger partial charge in [-0.3, -0.25) is 4.79 Å². The number of nitrogens with zero attached hydrogens (tertiary/aromatic N) is 2. The van der Waals surface area contributed by atoms with Crippen LogP contribution in [0.15, 0.2) is 52.9 Å². The molecule has 5 heteroatoms. The first kappa shape index (κ1) is 16.9. The van der Waals surface area contributed by atoms with E-state index < -0.39 is 0 Å². The molecular formula is C20H21N3O2. The molecule has 0 saturated carbocycles. The fraction of sp³-hybridized carbons (Fsp3) is 0.250. The summed E-state index contributed by atoms with van der Waals surface area (Å²) in [7, 11) is 0. The third-order valence-electron chi connectivity index (χ3n) is 4.10. The quantitative estimate of drug-likeness (QED) is 0.760. The van der Waals surface area contributed by atoms with E-state index in [1.165, 1.54) is 0 Å². The minimum atomic E-state index is -0.271. The number of rotatable bonds is 5. The first-order chi connectivity index (χ1) is 12.0. The summed E-state index contributed by atoms with van der Waals surface area (Å²) in [6.07, 6.45) is 0.235. The van der Waals surface area contributed by atoms with Crippen LogP contribution in [0.5, 0.6) is 0 Å². The van der Waals surface area contributed by atoms with Crippen molar-refractivity contribution in [3.8, 4) is 0 Å². The van der Waals surface area contributed by atoms with Crippen LogP contribution in [-0.4, -0.2) is 16.1 Å². The molecule has 0 fully saturated rings. The minimum absolute atomic E-state index is 0.0848. The van der Waals surface area contributed by atoms with E-state index in [4.69, 9.17) is 4.42 Å². The van der Waals surface area contributed by atoms with Crippen molar-refractivity contribution in [1.29, 1.82) is 0 Å². The number of hydrogen-bond donors (Lipinski definition) is 1. The van der Waals surface area contributed by atoms with Crippen molar-refractivity contribution in [3.05, 3.63) is 77.0 Å². The molecule has 1 atom stereocenters. The summed E-state index contributed by atoms with van der Waals surface area (Å²) in [5.41, 5.74) is 3.94. The van der Waals surface area contributed by atoms with Gasteiger partial charge >= 0.3 is 0 Å². The molecular weight excluding hydrogens is 314 g/mol. The topological polar surface area (TPSA) is 68.0 Å². The van der Waals surface area contributed by atoms with Crippen LogP contribution in [0.4, 0.5) is 5.69 Å². The van der Waals surface area contributed by atoms with Crippen molar-refractivity contribution in [1.82, 2.24) is 10.2 Å². The second-order valence-electron chi connectivity index (χ2n) is 6.19. The van der Waals surface area contributed by atoms with Gasteiger partial charge in [0.2, 0.25) is 17.7 Å². The Balaban J connectivity index is 1.83. The van der Waals surface area contributed by atoms with Gasteiger partial charge < -0.3 is 9.73 Å². The summed E-state index contributed by atoms with van der Waals surface area (Å²) < 4.78 is 5.59. The summed E-state index contributed by atoms with van der Waals surface area (Å²) in [5.74, 6) is 0.594. The number of carbonyl (C=O) groups is 1. The lowest BCUT2D eigenvalue weighted by Crippen LogP contribution is -2.17. The Kier molecular flexibility index (Phi) is 4.93. The van der Waals surface area contributed by atoms with Gasteiger partial charge in [0, 0.05) is 19.0 Å². The molecule has 25 heavy (non-hydrogen) atoms. The normalized spacial score (nSPS) is 12.0. The summed E-state index contributed by atoms with van der Waals surface area (Å²) in [6, 6.07) is 15.8. The van der Waals surface area contributed by atoms with E-state index in [-0.39, 0.29) is 18.2 Å². The molecule has 0 aliphatic carbocycles. The Morgan fingerprint density at radius 1 is 1.08 bits per heavy atom. The van der Waals surface area contributed by atoms with Gasteiger partial charge in [-0.05, 0) is 36.6 Å². The van der Waals surface area contributed by atoms with Crippen molar-refractivity contribution in [3.63, 3.8) is 0 Å². The Morgan fingerprint density at radius 3 is 2.52 bits per heavy atom. The lowest BCUT2D eigenvalue weighted by molar-refractivity contribution is -0.116. The van der Waals surface area contributed by atoms with Crippen LogP contribution in [-0.2, 0) is 4.79 Å². The largest absolute Gasteiger partial charge is 0.425 e. The van der Waals surface area contributed by atoms with E-state index in [2.05, 4.69) is 15.5 Å². The number of benzene rings is 2. The highest BCUT2D eigenvalue weighted by Crippen LogP contribution is 2.28. The molecule has 0 aliphatic rings. The zero-order valence-corrected chi connectivity index (χ0v) is 14.6. The van der Waals surface area contributed by atoms with E-state index >= 15 is 0 Å². The maximum atomic E-state index is 12.6. The summed E-state index contributed by atoms with van der Waals surface area (Å²) >= 11 is 0. The molecule has 3 aromatic rings. The van der Waals surface area contributed by atoms with Crippen molar-refractivity contribution >= 4 is 11.6 Å². The lowest BCUT2D eigenvalue weighted by Gasteiger charge is -2.15. The lowest BCUT2D eigenvalue weighted by atomic mass is 9.95. The molecule has 0 saturated heterocycles. The average Bonchev–Trinajstić information content (AvgIpc) is 3.03. The van der Waals surface area contributed by atoms with Crippen LogP contribution in [0.1, 0.15) is 40.8 Å². The highest BCUT2D eigenvalue weighted by molar-refractivity contribution is 5.92. The van der Waals surface area contributed by atoms with Gasteiger partial charge in [0.25, 0.3) is 0 Å². The molecule has 1 unspecified atom stereocenters. The zero-order valence-electron chi connectivity index (χ0n) is 14.6. The first-order valence-corrected chi connectivity index (χ1v) is 8.25. The molecule has 2 aromatic carbocycles. The van der Waals surface area contributed by atoms with Crippen LogP contribution >= 0.6 is 0 Å². The predicted octanol–water partition coefficient (Wildman–Crippen LogP) is 4.16. The van der Waals surface area contributed by atoms with Crippen LogP contribution in [0.3, 0.4) is 0 Å². The van der Waals surface area contributed by atoms with Gasteiger partial charge in [-0.2, -0.15) is 0 Å². The standard InChI is InChI=1S/C20H21N3O2/c1-13-9-10-14(2)18(11-13)21-19(24)12-17(16-7-5-4-6-8-16)20-23-22-15(3)25-20/h4-11,17H,12H2,1-3H3,(H,21,24).